The summed E-state index contributed by atoms with van der Waals surface area (Å²) in [6, 6.07) is 5.62. The number of alkyl halides is 2. The van der Waals surface area contributed by atoms with Crippen LogP contribution in [0.25, 0.3) is 0 Å². The van der Waals surface area contributed by atoms with Crippen molar-refractivity contribution in [1.82, 2.24) is 25.2 Å². The molecule has 3 rings (SSSR count). The molecular weight excluding hydrogens is 342 g/mol. The SMILES string of the molecule is OC(Cn1ncnn1)(c1ccc(F)cc1F)C(F)(F)c1ccccn1. The summed E-state index contributed by atoms with van der Waals surface area (Å²) in [4.78, 5) is 4.23. The molecular formula is C15H11F4N5O. The van der Waals surface area contributed by atoms with Crippen molar-refractivity contribution in [1.29, 1.82) is 0 Å². The summed E-state index contributed by atoms with van der Waals surface area (Å²) in [6.07, 6.45) is 2.08. The van der Waals surface area contributed by atoms with Crippen LogP contribution >= 0.6 is 0 Å². The molecule has 1 unspecified atom stereocenters. The standard InChI is InChI=1S/C15H11F4N5O/c16-10-4-5-11(12(17)7-10)14(25,8-24-22-9-21-23-24)15(18,19)13-3-1-2-6-20-13/h1-7,9,25H,8H2. The topological polar surface area (TPSA) is 76.7 Å². The molecule has 0 aliphatic rings. The average Bonchev–Trinajstić information content (AvgIpc) is 3.08. The van der Waals surface area contributed by atoms with E-state index in [0.717, 1.165) is 30.7 Å². The number of tetrazole rings is 1. The third-order valence-corrected chi connectivity index (χ3v) is 3.64. The van der Waals surface area contributed by atoms with Crippen molar-refractivity contribution in [3.8, 4) is 0 Å². The van der Waals surface area contributed by atoms with Crippen LogP contribution in [0.2, 0.25) is 0 Å². The minimum Gasteiger partial charge on any atom is -0.377 e. The zero-order valence-electron chi connectivity index (χ0n) is 12.5. The molecule has 6 nitrogen and oxygen atoms in total. The predicted octanol–water partition coefficient (Wildman–Crippen LogP) is 2.03. The zero-order valence-corrected chi connectivity index (χ0v) is 12.5. The lowest BCUT2D eigenvalue weighted by Crippen LogP contribution is -2.48. The smallest absolute Gasteiger partial charge is 0.323 e. The van der Waals surface area contributed by atoms with Crippen LogP contribution < -0.4 is 0 Å². The fourth-order valence-electron chi connectivity index (χ4n) is 2.40. The Kier molecular flexibility index (Phi) is 4.21. The third kappa shape index (κ3) is 2.95. The van der Waals surface area contributed by atoms with Crippen molar-refractivity contribution in [2.24, 2.45) is 0 Å². The summed E-state index contributed by atoms with van der Waals surface area (Å²) >= 11 is 0. The van der Waals surface area contributed by atoms with E-state index in [4.69, 9.17) is 0 Å². The molecule has 3 aromatic rings. The Balaban J connectivity index is 2.18. The Bertz CT molecular complexity index is 860. The average molecular weight is 353 g/mol. The largest absolute Gasteiger partial charge is 0.377 e. The highest BCUT2D eigenvalue weighted by atomic mass is 19.3. The van der Waals surface area contributed by atoms with Gasteiger partial charge in [-0.3, -0.25) is 4.98 Å². The fourth-order valence-corrected chi connectivity index (χ4v) is 2.40. The number of aliphatic hydroxyl groups is 1. The van der Waals surface area contributed by atoms with Crippen LogP contribution in [0.15, 0.2) is 48.9 Å². The maximum absolute atomic E-state index is 15.1. The van der Waals surface area contributed by atoms with Crippen LogP contribution in [0, 0.1) is 11.6 Å². The number of nitrogens with zero attached hydrogens (tertiary/aromatic N) is 5. The third-order valence-electron chi connectivity index (χ3n) is 3.64. The molecule has 0 aliphatic heterocycles. The monoisotopic (exact) mass is 353 g/mol. The second-order valence-corrected chi connectivity index (χ2v) is 5.24. The van der Waals surface area contributed by atoms with Crippen molar-refractivity contribution >= 4 is 0 Å². The van der Waals surface area contributed by atoms with Gasteiger partial charge in [0.1, 0.15) is 23.9 Å². The van der Waals surface area contributed by atoms with E-state index in [9.17, 15) is 13.9 Å². The maximum atomic E-state index is 15.1. The molecule has 0 saturated carbocycles. The predicted molar refractivity (Wildman–Crippen MR) is 76.2 cm³/mol. The molecule has 2 heterocycles. The lowest BCUT2D eigenvalue weighted by molar-refractivity contribution is -0.209. The van der Waals surface area contributed by atoms with Gasteiger partial charge in [-0.2, -0.15) is 13.6 Å². The first kappa shape index (κ1) is 17.0. The van der Waals surface area contributed by atoms with Gasteiger partial charge in [-0.25, -0.2) is 8.78 Å². The molecule has 130 valence electrons. The quantitative estimate of drug-likeness (QED) is 0.710. The van der Waals surface area contributed by atoms with E-state index in [-0.39, 0.29) is 0 Å². The summed E-state index contributed by atoms with van der Waals surface area (Å²) < 4.78 is 57.6. The lowest BCUT2D eigenvalue weighted by atomic mass is 9.84. The number of aromatic nitrogens is 5. The van der Waals surface area contributed by atoms with Crippen molar-refractivity contribution in [2.45, 2.75) is 18.1 Å². The van der Waals surface area contributed by atoms with E-state index in [2.05, 4.69) is 20.4 Å². The van der Waals surface area contributed by atoms with Crippen LogP contribution in [-0.2, 0) is 18.1 Å². The van der Waals surface area contributed by atoms with E-state index in [1.54, 1.807) is 0 Å². The molecule has 0 radical (unpaired) electrons. The molecule has 1 aromatic carbocycles. The Morgan fingerprint density at radius 1 is 1.12 bits per heavy atom. The van der Waals surface area contributed by atoms with Gasteiger partial charge in [0, 0.05) is 17.8 Å². The first-order valence-electron chi connectivity index (χ1n) is 7.02. The van der Waals surface area contributed by atoms with E-state index in [1.807, 2.05) is 0 Å². The van der Waals surface area contributed by atoms with Gasteiger partial charge in [0.05, 0.1) is 0 Å². The van der Waals surface area contributed by atoms with E-state index < -0.39 is 41.0 Å². The van der Waals surface area contributed by atoms with Gasteiger partial charge in [0.2, 0.25) is 0 Å². The highest BCUT2D eigenvalue weighted by molar-refractivity contribution is 5.30. The maximum Gasteiger partial charge on any atom is 0.323 e. The first-order chi connectivity index (χ1) is 11.8. The summed E-state index contributed by atoms with van der Waals surface area (Å²) in [5.74, 6) is -6.34. The first-order valence-corrected chi connectivity index (χ1v) is 7.02. The molecule has 0 amide bonds. The second-order valence-electron chi connectivity index (χ2n) is 5.24. The number of hydrogen-bond acceptors (Lipinski definition) is 5. The van der Waals surface area contributed by atoms with Crippen LogP contribution in [0.5, 0.6) is 0 Å². The number of hydrogen-bond donors (Lipinski definition) is 1. The van der Waals surface area contributed by atoms with Crippen LogP contribution in [0.4, 0.5) is 17.6 Å². The Morgan fingerprint density at radius 2 is 1.92 bits per heavy atom. The number of benzene rings is 1. The van der Waals surface area contributed by atoms with Crippen molar-refractivity contribution in [3.63, 3.8) is 0 Å². The Hall–Kier alpha value is -2.88. The normalized spacial score (nSPS) is 14.3. The van der Waals surface area contributed by atoms with Gasteiger partial charge < -0.3 is 5.11 Å². The van der Waals surface area contributed by atoms with Crippen molar-refractivity contribution in [2.75, 3.05) is 0 Å². The van der Waals surface area contributed by atoms with Gasteiger partial charge in [0.25, 0.3) is 0 Å². The molecule has 1 N–H and O–H groups in total. The zero-order chi connectivity index (χ0) is 18.1. The Labute approximate surface area is 138 Å². The molecule has 0 spiro atoms. The van der Waals surface area contributed by atoms with Crippen LogP contribution in [0.3, 0.4) is 0 Å². The molecule has 0 bridgehead atoms. The summed E-state index contributed by atoms with van der Waals surface area (Å²) in [6.45, 7) is -0.931. The van der Waals surface area contributed by atoms with Crippen LogP contribution in [-0.4, -0.2) is 30.3 Å². The van der Waals surface area contributed by atoms with Gasteiger partial charge >= 0.3 is 5.92 Å². The summed E-state index contributed by atoms with van der Waals surface area (Å²) in [5.41, 5.74) is -4.75. The molecule has 1 atom stereocenters. The molecule has 25 heavy (non-hydrogen) atoms. The molecule has 0 saturated heterocycles. The van der Waals surface area contributed by atoms with E-state index >= 15 is 8.78 Å². The highest BCUT2D eigenvalue weighted by Crippen LogP contribution is 2.46. The molecule has 0 aliphatic carbocycles. The minimum atomic E-state index is -4.04. The number of halogens is 4. The van der Waals surface area contributed by atoms with Gasteiger partial charge in [-0.1, -0.05) is 6.07 Å². The summed E-state index contributed by atoms with van der Waals surface area (Å²) in [5, 5.41) is 21.2. The van der Waals surface area contributed by atoms with Gasteiger partial charge in [-0.15, -0.1) is 10.2 Å². The summed E-state index contributed by atoms with van der Waals surface area (Å²) in [7, 11) is 0. The Morgan fingerprint density at radius 3 is 2.52 bits per heavy atom. The van der Waals surface area contributed by atoms with Crippen molar-refractivity contribution < 1.29 is 22.7 Å². The van der Waals surface area contributed by atoms with Gasteiger partial charge in [0.15, 0.2) is 11.9 Å². The second kappa shape index (κ2) is 6.20. The lowest BCUT2D eigenvalue weighted by Gasteiger charge is -2.35. The molecule has 10 heteroatoms. The van der Waals surface area contributed by atoms with Crippen molar-refractivity contribution in [3.05, 3.63) is 71.8 Å². The minimum absolute atomic E-state index is 0.406. The van der Waals surface area contributed by atoms with E-state index in [1.165, 1.54) is 12.1 Å². The molecule has 2 aromatic heterocycles. The van der Waals surface area contributed by atoms with Crippen LogP contribution in [0.1, 0.15) is 11.3 Å². The van der Waals surface area contributed by atoms with E-state index in [0.29, 0.717) is 10.9 Å². The van der Waals surface area contributed by atoms with Gasteiger partial charge in [-0.05, 0) is 29.5 Å². The number of rotatable bonds is 5. The molecule has 0 fully saturated rings. The fraction of sp³-hybridized carbons (Fsp3) is 0.200. The number of pyridine rings is 1. The highest BCUT2D eigenvalue weighted by Gasteiger charge is 2.58.